The zero-order valence-electron chi connectivity index (χ0n) is 10.5. The Kier molecular flexibility index (Phi) is 5.25. The van der Waals surface area contributed by atoms with Crippen LogP contribution in [0.5, 0.6) is 0 Å². The first-order chi connectivity index (χ1) is 7.56. The molecule has 1 aromatic rings. The molecule has 0 amide bonds. The van der Waals surface area contributed by atoms with Gasteiger partial charge in [-0.1, -0.05) is 11.6 Å². The fraction of sp³-hybridized carbons (Fsp3) is 0.727. The number of hydrogen-bond donors (Lipinski definition) is 1. The van der Waals surface area contributed by atoms with Gasteiger partial charge in [0.1, 0.15) is 0 Å². The van der Waals surface area contributed by atoms with Crippen LogP contribution in [0.15, 0.2) is 0 Å². The zero-order chi connectivity index (χ0) is 12.1. The van der Waals surface area contributed by atoms with Gasteiger partial charge in [0.2, 0.25) is 0 Å². The van der Waals surface area contributed by atoms with Gasteiger partial charge in [-0.25, -0.2) is 0 Å². The fourth-order valence-electron chi connectivity index (χ4n) is 1.71. The molecule has 0 aliphatic heterocycles. The minimum Gasteiger partial charge on any atom is -0.320 e. The molecule has 1 N–H and O–H groups in total. The highest BCUT2D eigenvalue weighted by Gasteiger charge is 2.12. The van der Waals surface area contributed by atoms with Crippen molar-refractivity contribution in [3.8, 4) is 0 Å². The summed E-state index contributed by atoms with van der Waals surface area (Å²) < 4.78 is 1.87. The van der Waals surface area contributed by atoms with Gasteiger partial charge in [-0.15, -0.1) is 0 Å². The summed E-state index contributed by atoms with van der Waals surface area (Å²) in [5, 5.41) is 8.24. The van der Waals surface area contributed by atoms with E-state index >= 15 is 0 Å². The molecule has 1 rings (SSSR count). The van der Waals surface area contributed by atoms with Gasteiger partial charge in [-0.2, -0.15) is 5.10 Å². The van der Waals surface area contributed by atoms with Crippen molar-refractivity contribution in [3.05, 3.63) is 16.4 Å². The molecule has 92 valence electrons. The van der Waals surface area contributed by atoms with Crippen LogP contribution in [0, 0.1) is 6.92 Å². The Morgan fingerprint density at radius 1 is 1.50 bits per heavy atom. The maximum atomic E-state index is 6.20. The third-order valence-electron chi connectivity index (χ3n) is 2.65. The first-order valence-corrected chi connectivity index (χ1v) is 5.95. The number of aromatic nitrogens is 2. The molecule has 0 aliphatic rings. The molecule has 0 saturated heterocycles. The third-order valence-corrected chi connectivity index (χ3v) is 3.14. The van der Waals surface area contributed by atoms with Crippen LogP contribution in [0.2, 0.25) is 5.02 Å². The van der Waals surface area contributed by atoms with Gasteiger partial charge in [0, 0.05) is 13.6 Å². The first-order valence-electron chi connectivity index (χ1n) is 5.57. The monoisotopic (exact) mass is 244 g/mol. The standard InChI is InChI=1S/C11H21ClN4/c1-9-11(12)10(16(4)14-9)8-15(3)7-5-6-13-2/h13H,5-8H2,1-4H3. The summed E-state index contributed by atoms with van der Waals surface area (Å²) in [5.41, 5.74) is 1.99. The molecule has 1 heterocycles. The summed E-state index contributed by atoms with van der Waals surface area (Å²) in [6, 6.07) is 0. The summed E-state index contributed by atoms with van der Waals surface area (Å²) >= 11 is 6.20. The van der Waals surface area contributed by atoms with E-state index in [0.29, 0.717) is 0 Å². The lowest BCUT2D eigenvalue weighted by atomic mass is 10.3. The topological polar surface area (TPSA) is 33.1 Å². The average Bonchev–Trinajstić information content (AvgIpc) is 2.46. The molecule has 4 nitrogen and oxygen atoms in total. The molecular weight excluding hydrogens is 224 g/mol. The average molecular weight is 245 g/mol. The van der Waals surface area contributed by atoms with E-state index in [1.807, 2.05) is 25.7 Å². The predicted molar refractivity (Wildman–Crippen MR) is 67.8 cm³/mol. The van der Waals surface area contributed by atoms with Crippen LogP contribution < -0.4 is 5.32 Å². The number of nitrogens with zero attached hydrogens (tertiary/aromatic N) is 3. The molecule has 0 fully saturated rings. The van der Waals surface area contributed by atoms with Crippen LogP contribution in [0.4, 0.5) is 0 Å². The van der Waals surface area contributed by atoms with E-state index in [1.165, 1.54) is 0 Å². The molecule has 1 aromatic heterocycles. The Morgan fingerprint density at radius 2 is 2.19 bits per heavy atom. The lowest BCUT2D eigenvalue weighted by molar-refractivity contribution is 0.312. The predicted octanol–water partition coefficient (Wildman–Crippen LogP) is 1.42. The molecule has 0 unspecified atom stereocenters. The fourth-order valence-corrected chi connectivity index (χ4v) is 1.93. The lowest BCUT2D eigenvalue weighted by Gasteiger charge is -2.16. The Morgan fingerprint density at radius 3 is 2.69 bits per heavy atom. The largest absolute Gasteiger partial charge is 0.320 e. The minimum absolute atomic E-state index is 0.794. The molecule has 0 aromatic carbocycles. The van der Waals surface area contributed by atoms with E-state index in [0.717, 1.165) is 42.5 Å². The van der Waals surface area contributed by atoms with Crippen LogP contribution in [-0.4, -0.2) is 41.9 Å². The smallest absolute Gasteiger partial charge is 0.0860 e. The van der Waals surface area contributed by atoms with Gasteiger partial charge in [0.05, 0.1) is 16.4 Å². The van der Waals surface area contributed by atoms with E-state index in [4.69, 9.17) is 11.6 Å². The van der Waals surface area contributed by atoms with Crippen molar-refractivity contribution < 1.29 is 0 Å². The SMILES string of the molecule is CNCCCN(C)Cc1c(Cl)c(C)nn1C. The second kappa shape index (κ2) is 6.23. The normalized spacial score (nSPS) is 11.4. The highest BCUT2D eigenvalue weighted by Crippen LogP contribution is 2.20. The van der Waals surface area contributed by atoms with Crippen molar-refractivity contribution in [1.29, 1.82) is 0 Å². The van der Waals surface area contributed by atoms with Gasteiger partial charge in [-0.3, -0.25) is 4.68 Å². The Labute approximate surface area is 103 Å². The second-order valence-electron chi connectivity index (χ2n) is 4.16. The molecule has 0 spiro atoms. The summed E-state index contributed by atoms with van der Waals surface area (Å²) in [6.07, 6.45) is 1.14. The summed E-state index contributed by atoms with van der Waals surface area (Å²) in [6.45, 7) is 4.89. The van der Waals surface area contributed by atoms with Crippen molar-refractivity contribution in [1.82, 2.24) is 20.0 Å². The molecule has 16 heavy (non-hydrogen) atoms. The second-order valence-corrected chi connectivity index (χ2v) is 4.54. The molecule has 0 radical (unpaired) electrons. The van der Waals surface area contributed by atoms with Crippen LogP contribution >= 0.6 is 11.6 Å². The number of rotatable bonds is 6. The van der Waals surface area contributed by atoms with Gasteiger partial charge < -0.3 is 10.2 Å². The van der Waals surface area contributed by atoms with Crippen molar-refractivity contribution in [2.24, 2.45) is 7.05 Å². The Hall–Kier alpha value is -0.580. The van der Waals surface area contributed by atoms with E-state index in [1.54, 1.807) is 0 Å². The molecular formula is C11H21ClN4. The summed E-state index contributed by atoms with van der Waals surface area (Å²) in [7, 11) is 6.02. The number of nitrogens with one attached hydrogen (secondary N) is 1. The third kappa shape index (κ3) is 3.47. The van der Waals surface area contributed by atoms with Crippen molar-refractivity contribution in [3.63, 3.8) is 0 Å². The van der Waals surface area contributed by atoms with Crippen LogP contribution in [0.25, 0.3) is 0 Å². The van der Waals surface area contributed by atoms with E-state index in [9.17, 15) is 0 Å². The molecule has 5 heteroatoms. The maximum Gasteiger partial charge on any atom is 0.0860 e. The molecule has 0 saturated carbocycles. The number of aryl methyl sites for hydroxylation is 2. The molecule has 0 atom stereocenters. The summed E-state index contributed by atoms with van der Waals surface area (Å²) in [5.74, 6) is 0. The number of hydrogen-bond acceptors (Lipinski definition) is 3. The van der Waals surface area contributed by atoms with E-state index in [2.05, 4.69) is 22.4 Å². The summed E-state index contributed by atoms with van der Waals surface area (Å²) in [4.78, 5) is 2.26. The van der Waals surface area contributed by atoms with Crippen LogP contribution in [0.1, 0.15) is 17.8 Å². The van der Waals surface area contributed by atoms with Gasteiger partial charge in [0.15, 0.2) is 0 Å². The molecule has 0 aliphatic carbocycles. The Bertz CT molecular complexity index is 335. The van der Waals surface area contributed by atoms with Crippen molar-refractivity contribution in [2.75, 3.05) is 27.2 Å². The lowest BCUT2D eigenvalue weighted by Crippen LogP contribution is -2.23. The van der Waals surface area contributed by atoms with Gasteiger partial charge in [0.25, 0.3) is 0 Å². The van der Waals surface area contributed by atoms with E-state index in [-0.39, 0.29) is 0 Å². The van der Waals surface area contributed by atoms with Crippen LogP contribution in [-0.2, 0) is 13.6 Å². The van der Waals surface area contributed by atoms with Crippen molar-refractivity contribution in [2.45, 2.75) is 19.9 Å². The molecule has 0 bridgehead atoms. The minimum atomic E-state index is 0.794. The van der Waals surface area contributed by atoms with Gasteiger partial charge in [-0.05, 0) is 40.5 Å². The first kappa shape index (κ1) is 13.5. The Balaban J connectivity index is 2.52. The van der Waals surface area contributed by atoms with E-state index < -0.39 is 0 Å². The highest BCUT2D eigenvalue weighted by molar-refractivity contribution is 6.31. The maximum absolute atomic E-state index is 6.20. The van der Waals surface area contributed by atoms with Crippen LogP contribution in [0.3, 0.4) is 0 Å². The van der Waals surface area contributed by atoms with Gasteiger partial charge >= 0.3 is 0 Å². The van der Waals surface area contributed by atoms with Crippen molar-refractivity contribution >= 4 is 11.6 Å². The quantitative estimate of drug-likeness (QED) is 0.769. The number of halogens is 1. The highest BCUT2D eigenvalue weighted by atomic mass is 35.5. The zero-order valence-corrected chi connectivity index (χ0v) is 11.3.